The topological polar surface area (TPSA) is 115 Å². The molecule has 0 saturated carbocycles. The first kappa shape index (κ1) is 39.0. The molecule has 5 fully saturated rings. The molecule has 5 aliphatic rings. The number of hydrogen-bond acceptors (Lipinski definition) is 9. The predicted molar refractivity (Wildman–Crippen MR) is 221 cm³/mol. The molecule has 13 heteroatoms. The maximum Gasteiger partial charge on any atom is 0.253 e. The van der Waals surface area contributed by atoms with Crippen LogP contribution in [-0.2, 0) is 9.59 Å². The lowest BCUT2D eigenvalue weighted by Crippen LogP contribution is -2.49. The standard InChI is InChI=1S/C44H52ClFN8O3/c1-30-26-44(29-54(30)36-7-5-33(27-47)37(45)25-36)13-17-52(18-14-44)40-9-6-32(23-38(40)46)43(57)53-15-11-31(12-16-53)28-50-19-21-51(22-20-50)35-4-2-3-34(24-35)48-39-8-10-41(55)49-42(39)56/h2-7,9,23-25,30-31,39,48H,8,10-22,26,28-29H2,1H3,(H,49,55,56)/t30-,39+/m0/s1. The molecule has 3 aromatic rings. The van der Waals surface area contributed by atoms with Crippen molar-refractivity contribution in [3.8, 4) is 6.07 Å². The maximum absolute atomic E-state index is 15.7. The normalized spacial score (nSPS) is 23.1. The smallest absolute Gasteiger partial charge is 0.253 e. The van der Waals surface area contributed by atoms with E-state index >= 15 is 4.39 Å². The summed E-state index contributed by atoms with van der Waals surface area (Å²) >= 11 is 6.36. The van der Waals surface area contributed by atoms with E-state index in [4.69, 9.17) is 11.6 Å². The molecule has 5 saturated heterocycles. The highest BCUT2D eigenvalue weighted by Gasteiger charge is 2.44. The molecule has 2 N–H and O–H groups in total. The van der Waals surface area contributed by atoms with Gasteiger partial charge in [-0.25, -0.2) is 4.39 Å². The fourth-order valence-electron chi connectivity index (χ4n) is 9.80. The second kappa shape index (κ2) is 16.5. The van der Waals surface area contributed by atoms with E-state index in [9.17, 15) is 19.6 Å². The van der Waals surface area contributed by atoms with Crippen molar-refractivity contribution in [1.82, 2.24) is 15.1 Å². The number of piperidine rings is 3. The lowest BCUT2D eigenvalue weighted by atomic mass is 9.76. The molecular formula is C44H52ClFN8O3. The number of anilines is 4. The number of benzene rings is 3. The van der Waals surface area contributed by atoms with Crippen LogP contribution >= 0.6 is 11.6 Å². The number of piperazine rings is 1. The first-order valence-electron chi connectivity index (χ1n) is 20.5. The van der Waals surface area contributed by atoms with Crippen molar-refractivity contribution in [2.75, 3.05) is 85.5 Å². The first-order valence-corrected chi connectivity index (χ1v) is 20.9. The highest BCUT2D eigenvalue weighted by Crippen LogP contribution is 2.46. The van der Waals surface area contributed by atoms with Gasteiger partial charge in [0.2, 0.25) is 11.8 Å². The molecule has 8 rings (SSSR count). The minimum Gasteiger partial charge on any atom is -0.374 e. The predicted octanol–water partition coefficient (Wildman–Crippen LogP) is 6.13. The molecular weight excluding hydrogens is 743 g/mol. The van der Waals surface area contributed by atoms with Gasteiger partial charge in [-0.3, -0.25) is 24.6 Å². The number of rotatable bonds is 8. The van der Waals surface area contributed by atoms with Crippen LogP contribution in [0.2, 0.25) is 5.02 Å². The number of carbonyl (C=O) groups is 3. The zero-order valence-electron chi connectivity index (χ0n) is 32.7. The van der Waals surface area contributed by atoms with Crippen LogP contribution in [0.1, 0.15) is 67.8 Å². The van der Waals surface area contributed by atoms with Gasteiger partial charge in [0, 0.05) is 101 Å². The van der Waals surface area contributed by atoms with Crippen LogP contribution in [0.25, 0.3) is 0 Å². The zero-order chi connectivity index (χ0) is 39.7. The van der Waals surface area contributed by atoms with E-state index in [1.807, 2.05) is 29.2 Å². The molecule has 0 aliphatic carbocycles. The monoisotopic (exact) mass is 794 g/mol. The number of carbonyl (C=O) groups excluding carboxylic acids is 3. The van der Waals surface area contributed by atoms with E-state index in [1.54, 1.807) is 18.2 Å². The molecule has 2 atom stereocenters. The number of hydrogen-bond donors (Lipinski definition) is 2. The Balaban J connectivity index is 0.778. The van der Waals surface area contributed by atoms with E-state index in [1.165, 1.54) is 6.07 Å². The lowest BCUT2D eigenvalue weighted by Gasteiger charge is -2.40. The summed E-state index contributed by atoms with van der Waals surface area (Å²) in [5, 5.41) is 15.5. The molecule has 5 aliphatic heterocycles. The Morgan fingerprint density at radius 3 is 2.40 bits per heavy atom. The zero-order valence-corrected chi connectivity index (χ0v) is 33.4. The summed E-state index contributed by atoms with van der Waals surface area (Å²) < 4.78 is 15.7. The molecule has 0 radical (unpaired) electrons. The van der Waals surface area contributed by atoms with Gasteiger partial charge in [-0.2, -0.15) is 5.26 Å². The molecule has 3 aromatic carbocycles. The van der Waals surface area contributed by atoms with Crippen molar-refractivity contribution in [3.63, 3.8) is 0 Å². The van der Waals surface area contributed by atoms with Crippen molar-refractivity contribution in [2.45, 2.75) is 64.0 Å². The average molecular weight is 795 g/mol. The summed E-state index contributed by atoms with van der Waals surface area (Å²) in [6.07, 6.45) is 5.69. The average Bonchev–Trinajstić information content (AvgIpc) is 3.54. The Kier molecular flexibility index (Phi) is 11.3. The third-order valence-electron chi connectivity index (χ3n) is 13.1. The third-order valence-corrected chi connectivity index (χ3v) is 13.4. The molecule has 1 spiro atoms. The van der Waals surface area contributed by atoms with Crippen LogP contribution in [0.15, 0.2) is 60.7 Å². The van der Waals surface area contributed by atoms with Gasteiger partial charge < -0.3 is 24.9 Å². The van der Waals surface area contributed by atoms with E-state index in [0.717, 1.165) is 102 Å². The summed E-state index contributed by atoms with van der Waals surface area (Å²) in [6.45, 7) is 10.8. The summed E-state index contributed by atoms with van der Waals surface area (Å²) in [4.78, 5) is 48.6. The number of likely N-dealkylation sites (tertiary alicyclic amines) is 1. The molecule has 3 amide bonds. The van der Waals surface area contributed by atoms with Crippen molar-refractivity contribution in [1.29, 1.82) is 5.26 Å². The van der Waals surface area contributed by atoms with Gasteiger partial charge in [-0.15, -0.1) is 0 Å². The quantitative estimate of drug-likeness (QED) is 0.260. The summed E-state index contributed by atoms with van der Waals surface area (Å²) in [5.74, 6) is -0.405. The Labute approximate surface area is 339 Å². The van der Waals surface area contributed by atoms with Crippen LogP contribution in [0.5, 0.6) is 0 Å². The van der Waals surface area contributed by atoms with Crippen LogP contribution in [0, 0.1) is 28.5 Å². The molecule has 5 heterocycles. The van der Waals surface area contributed by atoms with Gasteiger partial charge >= 0.3 is 0 Å². The summed E-state index contributed by atoms with van der Waals surface area (Å²) in [6, 6.07) is 20.9. The van der Waals surface area contributed by atoms with E-state index in [2.05, 4.69) is 55.4 Å². The molecule has 57 heavy (non-hydrogen) atoms. The van der Waals surface area contributed by atoms with Crippen LogP contribution in [0.3, 0.4) is 0 Å². The molecule has 0 aromatic heterocycles. The van der Waals surface area contributed by atoms with Gasteiger partial charge in [0.25, 0.3) is 5.91 Å². The van der Waals surface area contributed by atoms with Gasteiger partial charge in [0.15, 0.2) is 0 Å². The van der Waals surface area contributed by atoms with Crippen molar-refractivity contribution < 1.29 is 18.8 Å². The Hall–Kier alpha value is -4.86. The third kappa shape index (κ3) is 8.56. The number of imide groups is 1. The Morgan fingerprint density at radius 1 is 0.930 bits per heavy atom. The first-order chi connectivity index (χ1) is 27.6. The second-order valence-electron chi connectivity index (χ2n) is 16.8. The number of nitriles is 1. The van der Waals surface area contributed by atoms with Crippen LogP contribution in [0.4, 0.5) is 27.1 Å². The number of halogens is 2. The van der Waals surface area contributed by atoms with Gasteiger partial charge in [0.05, 0.1) is 16.3 Å². The number of amides is 3. The van der Waals surface area contributed by atoms with Crippen LogP contribution < -0.4 is 25.3 Å². The molecule has 300 valence electrons. The summed E-state index contributed by atoms with van der Waals surface area (Å²) in [7, 11) is 0. The maximum atomic E-state index is 15.7. The number of nitrogens with zero attached hydrogens (tertiary/aromatic N) is 6. The van der Waals surface area contributed by atoms with E-state index in [-0.39, 0.29) is 29.0 Å². The van der Waals surface area contributed by atoms with Gasteiger partial charge in [-0.05, 0) is 111 Å². The molecule has 11 nitrogen and oxygen atoms in total. The highest BCUT2D eigenvalue weighted by atomic mass is 35.5. The fourth-order valence-corrected chi connectivity index (χ4v) is 10.0. The van der Waals surface area contributed by atoms with Crippen molar-refractivity contribution >= 4 is 52.1 Å². The Bertz CT molecular complexity index is 2030. The van der Waals surface area contributed by atoms with Crippen molar-refractivity contribution in [3.05, 3.63) is 82.6 Å². The second-order valence-corrected chi connectivity index (χ2v) is 17.2. The van der Waals surface area contributed by atoms with Crippen molar-refractivity contribution in [2.24, 2.45) is 11.3 Å². The Morgan fingerprint density at radius 2 is 1.70 bits per heavy atom. The van der Waals surface area contributed by atoms with E-state index in [0.29, 0.717) is 59.7 Å². The van der Waals surface area contributed by atoms with Gasteiger partial charge in [-0.1, -0.05) is 17.7 Å². The van der Waals surface area contributed by atoms with Crippen LogP contribution in [-0.4, -0.2) is 105 Å². The lowest BCUT2D eigenvalue weighted by molar-refractivity contribution is -0.133. The highest BCUT2D eigenvalue weighted by molar-refractivity contribution is 6.32. The molecule has 0 unspecified atom stereocenters. The number of nitrogens with one attached hydrogen (secondary N) is 2. The van der Waals surface area contributed by atoms with E-state index < -0.39 is 6.04 Å². The largest absolute Gasteiger partial charge is 0.374 e. The minimum absolute atomic E-state index is 0.0950. The SMILES string of the molecule is C[C@H]1CC2(CCN(c3ccc(C(=O)N4CCC(CN5CCN(c6cccc(N[C@@H]7CCC(=O)NC7=O)c6)CC5)CC4)cc3F)CC2)CN1c1ccc(C#N)c(Cl)c1. The fraction of sp³-hybridized carbons (Fsp3) is 0.500. The van der Waals surface area contributed by atoms with Gasteiger partial charge in [0.1, 0.15) is 17.9 Å². The minimum atomic E-state index is -0.407. The molecule has 0 bridgehead atoms. The summed E-state index contributed by atoms with van der Waals surface area (Å²) in [5.41, 5.74) is 4.65.